The van der Waals surface area contributed by atoms with Crippen molar-refractivity contribution in [3.8, 4) is 11.1 Å². The van der Waals surface area contributed by atoms with Crippen LogP contribution in [0.2, 0.25) is 0 Å². The molecule has 4 heteroatoms. The molecule has 0 atom stereocenters. The molecule has 1 aliphatic carbocycles. The second kappa shape index (κ2) is 28.7. The van der Waals surface area contributed by atoms with Crippen molar-refractivity contribution >= 4 is 51.2 Å². The summed E-state index contributed by atoms with van der Waals surface area (Å²) < 4.78 is 0. The number of para-hydroxylation sites is 2. The van der Waals surface area contributed by atoms with Gasteiger partial charge in [0.2, 0.25) is 0 Å². The molecule has 80 heavy (non-hydrogen) atoms. The summed E-state index contributed by atoms with van der Waals surface area (Å²) in [5.41, 5.74) is 22.1. The Morgan fingerprint density at radius 1 is 0.338 bits per heavy atom. The number of allylic oxidation sites excluding steroid dienone is 8. The van der Waals surface area contributed by atoms with Crippen LogP contribution in [0.4, 0.5) is 51.2 Å². The number of nitrogens with zero attached hydrogens (tertiary/aromatic N) is 4. The van der Waals surface area contributed by atoms with Crippen LogP contribution >= 0.6 is 0 Å². The molecular formula is C76H84N4. The monoisotopic (exact) mass is 1050 g/mol. The van der Waals surface area contributed by atoms with Crippen LogP contribution in [-0.4, -0.2) is 0 Å². The van der Waals surface area contributed by atoms with Gasteiger partial charge >= 0.3 is 0 Å². The van der Waals surface area contributed by atoms with E-state index in [0.29, 0.717) is 0 Å². The third kappa shape index (κ3) is 14.6. The maximum Gasteiger partial charge on any atom is 0.0463 e. The highest BCUT2D eigenvalue weighted by atomic mass is 15.2. The molecule has 0 fully saturated rings. The van der Waals surface area contributed by atoms with Gasteiger partial charge in [0.1, 0.15) is 0 Å². The smallest absolute Gasteiger partial charge is 0.0463 e. The van der Waals surface area contributed by atoms with Crippen molar-refractivity contribution in [2.45, 2.75) is 131 Å². The third-order valence-corrected chi connectivity index (χ3v) is 15.6. The van der Waals surface area contributed by atoms with Gasteiger partial charge in [-0.25, -0.2) is 0 Å². The molecule has 8 aromatic rings. The van der Waals surface area contributed by atoms with Crippen LogP contribution in [0.15, 0.2) is 253 Å². The van der Waals surface area contributed by atoms with E-state index in [2.05, 4.69) is 292 Å². The normalized spacial score (nSPS) is 12.7. The van der Waals surface area contributed by atoms with E-state index < -0.39 is 0 Å². The predicted molar refractivity (Wildman–Crippen MR) is 347 cm³/mol. The summed E-state index contributed by atoms with van der Waals surface area (Å²) in [6, 6.07) is 76.6. The van der Waals surface area contributed by atoms with Crippen molar-refractivity contribution in [3.05, 3.63) is 270 Å². The summed E-state index contributed by atoms with van der Waals surface area (Å²) >= 11 is 0. The van der Waals surface area contributed by atoms with Gasteiger partial charge in [-0.3, -0.25) is 0 Å². The zero-order valence-electron chi connectivity index (χ0n) is 48.6. The number of anilines is 9. The van der Waals surface area contributed by atoms with Gasteiger partial charge in [0.05, 0.1) is 0 Å². The van der Waals surface area contributed by atoms with Crippen LogP contribution in [0.25, 0.3) is 11.1 Å². The van der Waals surface area contributed by atoms with Gasteiger partial charge in [-0.15, -0.1) is 0 Å². The maximum absolute atomic E-state index is 2.47. The lowest BCUT2D eigenvalue weighted by Gasteiger charge is -2.33. The SMILES string of the molecule is CCCC/C(C)=C/C=C(\C)N(c1ccccc1)c1ccc(N(c2ccc(CCCC)cc2)c2ccc(-c3ccc(N(C4=CC=C(N(c5ccccc5)c5ccc(CCCC)cc5)CC4)c4ccc(CCCC)cc4)cc3)cc2)cc1. The summed E-state index contributed by atoms with van der Waals surface area (Å²) in [5, 5.41) is 0. The van der Waals surface area contributed by atoms with Gasteiger partial charge in [-0.2, -0.15) is 0 Å². The van der Waals surface area contributed by atoms with Crippen LogP contribution in [0.3, 0.4) is 0 Å². The first-order chi connectivity index (χ1) is 39.3. The molecule has 4 nitrogen and oxygen atoms in total. The lowest BCUT2D eigenvalue weighted by molar-refractivity contribution is 0.787. The van der Waals surface area contributed by atoms with Gasteiger partial charge in [-0.05, 0) is 233 Å². The molecule has 9 rings (SSSR count). The number of aryl methyl sites for hydroxylation is 3. The first-order valence-corrected chi connectivity index (χ1v) is 30.0. The molecule has 0 saturated heterocycles. The molecule has 0 unspecified atom stereocenters. The lowest BCUT2D eigenvalue weighted by atomic mass is 10.0. The molecule has 0 N–H and O–H groups in total. The molecule has 0 amide bonds. The summed E-state index contributed by atoms with van der Waals surface area (Å²) in [6.45, 7) is 13.5. The molecule has 1 aliphatic rings. The second-order valence-electron chi connectivity index (χ2n) is 21.7. The van der Waals surface area contributed by atoms with E-state index in [1.54, 1.807) is 0 Å². The van der Waals surface area contributed by atoms with Gasteiger partial charge in [0.25, 0.3) is 0 Å². The van der Waals surface area contributed by atoms with E-state index >= 15 is 0 Å². The lowest BCUT2D eigenvalue weighted by Crippen LogP contribution is -2.22. The Balaban J connectivity index is 1.01. The van der Waals surface area contributed by atoms with Crippen LogP contribution in [-0.2, 0) is 19.3 Å². The molecule has 0 radical (unpaired) electrons. The Labute approximate surface area is 480 Å². The molecule has 8 aromatic carbocycles. The number of rotatable bonds is 26. The van der Waals surface area contributed by atoms with Crippen molar-refractivity contribution in [1.82, 2.24) is 0 Å². The van der Waals surface area contributed by atoms with Crippen LogP contribution in [0.1, 0.15) is 129 Å². The Morgan fingerprint density at radius 2 is 0.650 bits per heavy atom. The largest absolute Gasteiger partial charge is 0.315 e. The van der Waals surface area contributed by atoms with Gasteiger partial charge in [0, 0.05) is 68.3 Å². The fraction of sp³-hybridized carbons (Fsp3) is 0.263. The van der Waals surface area contributed by atoms with Crippen molar-refractivity contribution in [1.29, 1.82) is 0 Å². The highest BCUT2D eigenvalue weighted by Gasteiger charge is 2.23. The topological polar surface area (TPSA) is 13.0 Å². The molecule has 0 heterocycles. The predicted octanol–water partition coefficient (Wildman–Crippen LogP) is 22.6. The van der Waals surface area contributed by atoms with Gasteiger partial charge in [-0.1, -0.05) is 162 Å². The van der Waals surface area contributed by atoms with E-state index in [9.17, 15) is 0 Å². The Kier molecular flexibility index (Phi) is 20.3. The maximum atomic E-state index is 2.47. The first kappa shape index (κ1) is 56.6. The van der Waals surface area contributed by atoms with Gasteiger partial charge in [0.15, 0.2) is 0 Å². The van der Waals surface area contributed by atoms with Crippen molar-refractivity contribution in [2.75, 3.05) is 19.6 Å². The summed E-state index contributed by atoms with van der Waals surface area (Å²) in [7, 11) is 0. The van der Waals surface area contributed by atoms with Crippen molar-refractivity contribution in [3.63, 3.8) is 0 Å². The molecule has 0 aliphatic heterocycles. The summed E-state index contributed by atoms with van der Waals surface area (Å²) in [4.78, 5) is 9.66. The van der Waals surface area contributed by atoms with E-state index in [1.807, 2.05) is 0 Å². The minimum Gasteiger partial charge on any atom is -0.315 e. The zero-order chi connectivity index (χ0) is 55.5. The number of unbranched alkanes of at least 4 members (excludes halogenated alkanes) is 4. The van der Waals surface area contributed by atoms with E-state index in [-0.39, 0.29) is 0 Å². The molecule has 0 bridgehead atoms. The third-order valence-electron chi connectivity index (χ3n) is 15.6. The van der Waals surface area contributed by atoms with E-state index in [4.69, 9.17) is 0 Å². The average molecular weight is 1050 g/mol. The molecule has 0 saturated carbocycles. The molecule has 0 aromatic heterocycles. The molecular weight excluding hydrogens is 969 g/mol. The minimum absolute atomic E-state index is 0.906. The van der Waals surface area contributed by atoms with Crippen LogP contribution in [0, 0.1) is 0 Å². The van der Waals surface area contributed by atoms with E-state index in [1.165, 1.54) is 119 Å². The first-order valence-electron chi connectivity index (χ1n) is 30.0. The van der Waals surface area contributed by atoms with Crippen molar-refractivity contribution in [2.24, 2.45) is 0 Å². The van der Waals surface area contributed by atoms with E-state index in [0.717, 1.165) is 72.6 Å². The van der Waals surface area contributed by atoms with Crippen LogP contribution < -0.4 is 19.6 Å². The Morgan fingerprint density at radius 3 is 1.02 bits per heavy atom. The van der Waals surface area contributed by atoms with Gasteiger partial charge < -0.3 is 19.6 Å². The highest BCUT2D eigenvalue weighted by Crippen LogP contribution is 2.42. The quantitative estimate of drug-likeness (QED) is 0.0501. The number of hydrogen-bond acceptors (Lipinski definition) is 4. The Bertz CT molecular complexity index is 3280. The standard InChI is InChI=1S/C76H84N4/c1-7-11-21-59(5)29-30-60(6)77(66-25-17-15-18-26-66)68-51-53-75(54-52-68)79(70-43-33-62(34-44-70)23-13-9-3)72-47-37-64(38-48-72)65-39-49-73(50-40-65)80(71-45-35-63(36-46-71)24-14-10-4)76-57-55-74(56-58-76)78(67-27-19-16-20-28-67)69-41-31-61(32-42-69)22-12-8-2/h15-20,25-55,57H,7-14,21-24,56,58H2,1-6H3/b59-29+,60-30+. The average Bonchev–Trinajstić information content (AvgIpc) is 3.52. The van der Waals surface area contributed by atoms with Crippen molar-refractivity contribution < 1.29 is 0 Å². The number of benzene rings is 8. The van der Waals surface area contributed by atoms with Crippen LogP contribution in [0.5, 0.6) is 0 Å². The molecule has 408 valence electrons. The highest BCUT2D eigenvalue weighted by molar-refractivity contribution is 5.81. The summed E-state index contributed by atoms with van der Waals surface area (Å²) in [5.74, 6) is 0. The fourth-order valence-corrected chi connectivity index (χ4v) is 10.9. The molecule has 0 spiro atoms. The summed E-state index contributed by atoms with van der Waals surface area (Å²) in [6.07, 6.45) is 25.1. The zero-order valence-corrected chi connectivity index (χ0v) is 48.6. The second-order valence-corrected chi connectivity index (χ2v) is 21.7. The minimum atomic E-state index is 0.906. The Hall–Kier alpha value is -8.08. The fourth-order valence-electron chi connectivity index (χ4n) is 10.9. The number of hydrogen-bond donors (Lipinski definition) is 0.